The van der Waals surface area contributed by atoms with Gasteiger partial charge in [-0.2, -0.15) is 13.2 Å². The molecule has 1 unspecified atom stereocenters. The Morgan fingerprint density at radius 3 is 2.70 bits per heavy atom. The lowest BCUT2D eigenvalue weighted by Gasteiger charge is -2.37. The van der Waals surface area contributed by atoms with Crippen LogP contribution in [0.2, 0.25) is 0 Å². The van der Waals surface area contributed by atoms with E-state index in [1.54, 1.807) is 0 Å². The van der Waals surface area contributed by atoms with E-state index >= 15 is 0 Å². The van der Waals surface area contributed by atoms with Gasteiger partial charge in [-0.3, -0.25) is 9.19 Å². The lowest BCUT2D eigenvalue weighted by molar-refractivity contribution is -0.141. The van der Waals surface area contributed by atoms with Crippen molar-refractivity contribution in [1.29, 1.82) is 0 Å². The average molecular weight is 346 g/mol. The smallest absolute Gasteiger partial charge is 0.302 e. The van der Waals surface area contributed by atoms with Crippen LogP contribution in [0.25, 0.3) is 0 Å². The van der Waals surface area contributed by atoms with E-state index in [0.717, 1.165) is 55.6 Å². The lowest BCUT2D eigenvalue weighted by atomic mass is 9.91. The van der Waals surface area contributed by atoms with Gasteiger partial charge in [0.2, 0.25) is 0 Å². The maximum atomic E-state index is 12.5. The van der Waals surface area contributed by atoms with E-state index in [9.17, 15) is 17.4 Å². The molecule has 3 heterocycles. The molecule has 1 spiro atoms. The van der Waals surface area contributed by atoms with Crippen molar-refractivity contribution >= 4 is 10.8 Å². The molecule has 2 saturated heterocycles. The molecule has 7 heteroatoms. The van der Waals surface area contributed by atoms with E-state index in [1.165, 1.54) is 12.3 Å². The third-order valence-electron chi connectivity index (χ3n) is 4.72. The first kappa shape index (κ1) is 16.9. The Balaban J connectivity index is 1.50. The third kappa shape index (κ3) is 3.94. The molecule has 1 aromatic heterocycles. The number of nitrogens with zero attached hydrogens (tertiary/aromatic N) is 2. The van der Waals surface area contributed by atoms with Gasteiger partial charge in [-0.25, -0.2) is 0 Å². The molecule has 128 valence electrons. The first-order valence-corrected chi connectivity index (χ1v) is 9.34. The van der Waals surface area contributed by atoms with Crippen LogP contribution in [0, 0.1) is 11.3 Å². The molecule has 0 radical (unpaired) electrons. The van der Waals surface area contributed by atoms with Gasteiger partial charge in [0, 0.05) is 47.0 Å². The van der Waals surface area contributed by atoms with E-state index in [1.807, 2.05) is 0 Å². The van der Waals surface area contributed by atoms with Gasteiger partial charge in [0.05, 0.1) is 0 Å². The van der Waals surface area contributed by atoms with Gasteiger partial charge in [-0.1, -0.05) is 13.0 Å². The quantitative estimate of drug-likeness (QED) is 0.840. The van der Waals surface area contributed by atoms with Crippen molar-refractivity contribution in [2.24, 2.45) is 11.3 Å². The standard InChI is InChI=1S/C16H21F3N2OS/c1-12(6-13-2-3-14(20-7-13)16(17,18)19)8-21-5-4-15(9-21)10-23(22)11-15/h2-3,7,12H,4-6,8-11H2,1H3. The Bertz CT molecular complexity index is 580. The molecule has 0 saturated carbocycles. The highest BCUT2D eigenvalue weighted by atomic mass is 32.2. The highest BCUT2D eigenvalue weighted by Crippen LogP contribution is 2.39. The summed E-state index contributed by atoms with van der Waals surface area (Å²) in [5.74, 6) is 2.02. The van der Waals surface area contributed by atoms with Crippen molar-refractivity contribution in [3.63, 3.8) is 0 Å². The van der Waals surface area contributed by atoms with Crippen LogP contribution in [0.4, 0.5) is 13.2 Å². The molecule has 3 rings (SSSR count). The second-order valence-corrected chi connectivity index (χ2v) is 8.53. The maximum absolute atomic E-state index is 12.5. The van der Waals surface area contributed by atoms with Gasteiger partial charge >= 0.3 is 6.18 Å². The van der Waals surface area contributed by atoms with Crippen LogP contribution in [0.15, 0.2) is 18.3 Å². The van der Waals surface area contributed by atoms with Crippen molar-refractivity contribution in [2.75, 3.05) is 31.1 Å². The van der Waals surface area contributed by atoms with Crippen LogP contribution in [0.3, 0.4) is 0 Å². The Morgan fingerprint density at radius 2 is 2.13 bits per heavy atom. The number of hydrogen-bond acceptors (Lipinski definition) is 3. The van der Waals surface area contributed by atoms with E-state index in [-0.39, 0.29) is 5.41 Å². The fraction of sp³-hybridized carbons (Fsp3) is 0.688. The maximum Gasteiger partial charge on any atom is 0.433 e. The molecular weight excluding hydrogens is 325 g/mol. The monoisotopic (exact) mass is 346 g/mol. The average Bonchev–Trinajstić information content (AvgIpc) is 2.81. The number of halogens is 3. The molecule has 0 bridgehead atoms. The third-order valence-corrected chi connectivity index (χ3v) is 6.59. The van der Waals surface area contributed by atoms with Gasteiger partial charge in [0.25, 0.3) is 0 Å². The molecule has 0 N–H and O–H groups in total. The van der Waals surface area contributed by atoms with Crippen LogP contribution in [0.5, 0.6) is 0 Å². The van der Waals surface area contributed by atoms with Crippen molar-refractivity contribution in [3.8, 4) is 0 Å². The summed E-state index contributed by atoms with van der Waals surface area (Å²) in [6, 6.07) is 2.57. The van der Waals surface area contributed by atoms with Crippen LogP contribution in [-0.2, 0) is 23.4 Å². The molecular formula is C16H21F3N2OS. The fourth-order valence-electron chi connectivity index (χ4n) is 3.68. The second kappa shape index (κ2) is 6.16. The van der Waals surface area contributed by atoms with Crippen molar-refractivity contribution in [3.05, 3.63) is 29.6 Å². The minimum absolute atomic E-state index is 0.278. The summed E-state index contributed by atoms with van der Waals surface area (Å²) in [5.41, 5.74) is 0.276. The van der Waals surface area contributed by atoms with Crippen LogP contribution < -0.4 is 0 Å². The van der Waals surface area contributed by atoms with E-state index in [2.05, 4.69) is 16.8 Å². The number of aromatic nitrogens is 1. The molecule has 3 nitrogen and oxygen atoms in total. The first-order chi connectivity index (χ1) is 10.8. The molecule has 2 aliphatic rings. The number of hydrogen-bond donors (Lipinski definition) is 0. The SMILES string of the molecule is CC(Cc1ccc(C(F)(F)F)nc1)CN1CCC2(C1)CS(=O)C2. The predicted octanol–water partition coefficient (Wildman–Crippen LogP) is 2.73. The van der Waals surface area contributed by atoms with Gasteiger partial charge in [-0.05, 0) is 36.9 Å². The van der Waals surface area contributed by atoms with Crippen molar-refractivity contribution < 1.29 is 17.4 Å². The summed E-state index contributed by atoms with van der Waals surface area (Å²) in [7, 11) is -0.617. The summed E-state index contributed by atoms with van der Waals surface area (Å²) >= 11 is 0. The zero-order valence-corrected chi connectivity index (χ0v) is 13.9. The fourth-order valence-corrected chi connectivity index (χ4v) is 5.43. The van der Waals surface area contributed by atoms with Crippen LogP contribution >= 0.6 is 0 Å². The lowest BCUT2D eigenvalue weighted by Crippen LogP contribution is -2.47. The summed E-state index contributed by atoms with van der Waals surface area (Å²) < 4.78 is 48.8. The number of rotatable bonds is 4. The Hall–Kier alpha value is -0.950. The normalized spacial score (nSPS) is 29.7. The van der Waals surface area contributed by atoms with Crippen molar-refractivity contribution in [2.45, 2.75) is 25.9 Å². The molecule has 0 aromatic carbocycles. The summed E-state index contributed by atoms with van der Waals surface area (Å²) in [6.07, 6.45) is -1.20. The van der Waals surface area contributed by atoms with E-state index in [0.29, 0.717) is 5.92 Å². The Kier molecular flexibility index (Phi) is 4.53. The number of pyridine rings is 1. The predicted molar refractivity (Wildman–Crippen MR) is 83.5 cm³/mol. The van der Waals surface area contributed by atoms with Crippen molar-refractivity contribution in [1.82, 2.24) is 9.88 Å². The first-order valence-electron chi connectivity index (χ1n) is 7.85. The topological polar surface area (TPSA) is 33.2 Å². The van der Waals surface area contributed by atoms with Gasteiger partial charge in [0.1, 0.15) is 5.69 Å². The van der Waals surface area contributed by atoms with Gasteiger partial charge in [-0.15, -0.1) is 0 Å². The minimum Gasteiger partial charge on any atom is -0.302 e. The molecule has 0 amide bonds. The zero-order chi connectivity index (χ0) is 16.7. The minimum atomic E-state index is -4.38. The molecule has 2 aliphatic heterocycles. The summed E-state index contributed by atoms with van der Waals surface area (Å²) in [6.45, 7) is 5.08. The molecule has 2 fully saturated rings. The molecule has 0 aliphatic carbocycles. The molecule has 1 atom stereocenters. The Labute approximate surface area is 136 Å². The molecule has 1 aromatic rings. The van der Waals surface area contributed by atoms with Crippen LogP contribution in [0.1, 0.15) is 24.6 Å². The highest BCUT2D eigenvalue weighted by Gasteiger charge is 2.47. The van der Waals surface area contributed by atoms with Gasteiger partial charge < -0.3 is 4.90 Å². The highest BCUT2D eigenvalue weighted by molar-refractivity contribution is 7.86. The van der Waals surface area contributed by atoms with Gasteiger partial charge in [0.15, 0.2) is 0 Å². The van der Waals surface area contributed by atoms with E-state index < -0.39 is 22.7 Å². The Morgan fingerprint density at radius 1 is 1.39 bits per heavy atom. The summed E-state index contributed by atoms with van der Waals surface area (Å²) in [5, 5.41) is 0. The molecule has 23 heavy (non-hydrogen) atoms. The number of likely N-dealkylation sites (tertiary alicyclic amines) is 1. The second-order valence-electron chi connectivity index (χ2n) is 7.07. The zero-order valence-electron chi connectivity index (χ0n) is 13.1. The largest absolute Gasteiger partial charge is 0.433 e. The van der Waals surface area contributed by atoms with Crippen LogP contribution in [-0.4, -0.2) is 45.2 Å². The van der Waals surface area contributed by atoms with E-state index in [4.69, 9.17) is 0 Å². The number of alkyl halides is 3. The summed E-state index contributed by atoms with van der Waals surface area (Å²) in [4.78, 5) is 5.92.